The van der Waals surface area contributed by atoms with Crippen LogP contribution in [0.4, 0.5) is 0 Å². The number of ether oxygens (including phenoxy) is 3. The number of nitrogens with two attached hydrogens (primary N) is 1. The Labute approximate surface area is 157 Å². The van der Waals surface area contributed by atoms with Crippen molar-refractivity contribution in [2.75, 3.05) is 21.3 Å². The molecule has 0 fully saturated rings. The zero-order valence-electron chi connectivity index (χ0n) is 15.9. The largest absolute Gasteiger partial charge is 0.493 e. The van der Waals surface area contributed by atoms with Crippen LogP contribution in [0.3, 0.4) is 0 Å². The van der Waals surface area contributed by atoms with Crippen molar-refractivity contribution >= 4 is 11.6 Å². The molecule has 0 saturated heterocycles. The molecule has 2 N–H and O–H groups in total. The summed E-state index contributed by atoms with van der Waals surface area (Å²) in [4.78, 5) is 16.6. The molecular formula is C20H23N3O4. The summed E-state index contributed by atoms with van der Waals surface area (Å²) in [5, 5.41) is 0. The van der Waals surface area contributed by atoms with E-state index in [0.717, 1.165) is 28.2 Å². The number of hydrogen-bond donors (Lipinski definition) is 1. The highest BCUT2D eigenvalue weighted by molar-refractivity contribution is 5.77. The molecule has 0 aliphatic carbocycles. The van der Waals surface area contributed by atoms with Crippen LogP contribution >= 0.6 is 0 Å². The molecule has 1 aromatic carbocycles. The third kappa shape index (κ3) is 3.59. The minimum atomic E-state index is -0.783. The van der Waals surface area contributed by atoms with E-state index >= 15 is 0 Å². The number of fused-ring (bicyclic) bond motifs is 1. The highest BCUT2D eigenvalue weighted by Gasteiger charge is 2.22. The summed E-state index contributed by atoms with van der Waals surface area (Å²) in [6.45, 7) is 2.00. The van der Waals surface area contributed by atoms with Crippen LogP contribution in [0.5, 0.6) is 11.5 Å². The van der Waals surface area contributed by atoms with Crippen molar-refractivity contribution in [1.29, 1.82) is 0 Å². The number of nitrogens with zero attached hydrogens (tertiary/aromatic N) is 2. The van der Waals surface area contributed by atoms with Crippen LogP contribution in [0, 0.1) is 6.92 Å². The minimum Gasteiger partial charge on any atom is -0.493 e. The highest BCUT2D eigenvalue weighted by atomic mass is 16.5. The molecule has 0 spiro atoms. The van der Waals surface area contributed by atoms with Crippen molar-refractivity contribution < 1.29 is 19.0 Å². The average Bonchev–Trinajstić information content (AvgIpc) is 3.04. The molecule has 0 aliphatic heterocycles. The Morgan fingerprint density at radius 2 is 1.89 bits per heavy atom. The van der Waals surface area contributed by atoms with Crippen molar-refractivity contribution in [3.8, 4) is 22.8 Å². The molecule has 0 saturated carbocycles. The van der Waals surface area contributed by atoms with Gasteiger partial charge in [-0.2, -0.15) is 0 Å². The lowest BCUT2D eigenvalue weighted by atomic mass is 10.0. The topological polar surface area (TPSA) is 88.1 Å². The van der Waals surface area contributed by atoms with Crippen LogP contribution in [0.25, 0.3) is 16.9 Å². The van der Waals surface area contributed by atoms with Gasteiger partial charge in [0, 0.05) is 18.2 Å². The normalized spacial score (nSPS) is 12.0. The smallest absolute Gasteiger partial charge is 0.323 e. The molecule has 142 valence electrons. The van der Waals surface area contributed by atoms with E-state index in [1.54, 1.807) is 14.2 Å². The number of hydrogen-bond acceptors (Lipinski definition) is 6. The Hall–Kier alpha value is -3.06. The zero-order valence-corrected chi connectivity index (χ0v) is 15.9. The molecule has 7 nitrogen and oxygen atoms in total. The molecule has 0 aliphatic rings. The number of pyridine rings is 1. The second kappa shape index (κ2) is 7.67. The number of carbonyl (C=O) groups excluding carboxylic acids is 1. The molecule has 2 heterocycles. The first-order valence-electron chi connectivity index (χ1n) is 8.52. The van der Waals surface area contributed by atoms with E-state index in [4.69, 9.17) is 24.9 Å². The average molecular weight is 369 g/mol. The molecule has 2 aromatic heterocycles. The van der Waals surface area contributed by atoms with Gasteiger partial charge >= 0.3 is 5.97 Å². The van der Waals surface area contributed by atoms with E-state index < -0.39 is 12.0 Å². The Balaban J connectivity index is 2.17. The van der Waals surface area contributed by atoms with Gasteiger partial charge in [-0.05, 0) is 36.8 Å². The minimum absolute atomic E-state index is 0.293. The van der Waals surface area contributed by atoms with Gasteiger partial charge in [0.05, 0.1) is 32.7 Å². The summed E-state index contributed by atoms with van der Waals surface area (Å²) in [5.41, 5.74) is 10.3. The number of carbonyl (C=O) groups is 1. The zero-order chi connectivity index (χ0) is 19.6. The van der Waals surface area contributed by atoms with Gasteiger partial charge in [0.15, 0.2) is 11.5 Å². The summed E-state index contributed by atoms with van der Waals surface area (Å²) >= 11 is 0. The lowest BCUT2D eigenvalue weighted by Crippen LogP contribution is -2.34. The number of methoxy groups -OCH3 is 3. The van der Waals surface area contributed by atoms with Gasteiger partial charge in [0.1, 0.15) is 11.7 Å². The Morgan fingerprint density at radius 3 is 2.56 bits per heavy atom. The van der Waals surface area contributed by atoms with Crippen molar-refractivity contribution in [2.45, 2.75) is 19.4 Å². The predicted octanol–water partition coefficient (Wildman–Crippen LogP) is 2.37. The molecule has 3 rings (SSSR count). The standard InChI is InChI=1S/C20H23N3O4/c1-12-5-8-18-22-19(13-6-7-16(25-2)17(9-13)26-3)15(23(18)11-12)10-14(21)20(24)27-4/h5-9,11,14H,10,21H2,1-4H3. The van der Waals surface area contributed by atoms with Gasteiger partial charge in [-0.25, -0.2) is 4.98 Å². The Kier molecular flexibility index (Phi) is 5.32. The van der Waals surface area contributed by atoms with Crippen LogP contribution in [-0.4, -0.2) is 42.7 Å². The Bertz CT molecular complexity index is 981. The molecule has 3 aromatic rings. The van der Waals surface area contributed by atoms with Crippen LogP contribution in [0.1, 0.15) is 11.3 Å². The molecule has 0 amide bonds. The predicted molar refractivity (Wildman–Crippen MR) is 102 cm³/mol. The van der Waals surface area contributed by atoms with E-state index in [0.29, 0.717) is 17.9 Å². The summed E-state index contributed by atoms with van der Waals surface area (Å²) in [6, 6.07) is 8.74. The second-order valence-electron chi connectivity index (χ2n) is 6.25. The molecule has 27 heavy (non-hydrogen) atoms. The maximum Gasteiger partial charge on any atom is 0.323 e. The van der Waals surface area contributed by atoms with Crippen molar-refractivity contribution in [1.82, 2.24) is 9.38 Å². The number of benzene rings is 1. The maximum atomic E-state index is 11.9. The van der Waals surface area contributed by atoms with Gasteiger partial charge in [0.2, 0.25) is 0 Å². The summed E-state index contributed by atoms with van der Waals surface area (Å²) < 4.78 is 17.5. The first-order chi connectivity index (χ1) is 13.0. The van der Waals surface area contributed by atoms with Gasteiger partial charge in [-0.1, -0.05) is 6.07 Å². The number of aryl methyl sites for hydroxylation is 1. The van der Waals surface area contributed by atoms with Crippen molar-refractivity contribution in [2.24, 2.45) is 5.73 Å². The monoisotopic (exact) mass is 369 g/mol. The highest BCUT2D eigenvalue weighted by Crippen LogP contribution is 2.34. The number of aromatic nitrogens is 2. The Morgan fingerprint density at radius 1 is 1.15 bits per heavy atom. The molecule has 1 atom stereocenters. The maximum absolute atomic E-state index is 11.9. The second-order valence-corrected chi connectivity index (χ2v) is 6.25. The lowest BCUT2D eigenvalue weighted by Gasteiger charge is -2.12. The van der Waals surface area contributed by atoms with E-state index in [9.17, 15) is 4.79 Å². The van der Waals surface area contributed by atoms with Gasteiger partial charge < -0.3 is 24.3 Å². The number of esters is 1. The molecule has 7 heteroatoms. The van der Waals surface area contributed by atoms with Gasteiger partial charge in [0.25, 0.3) is 0 Å². The summed E-state index contributed by atoms with van der Waals surface area (Å²) in [6.07, 6.45) is 2.27. The molecule has 0 bridgehead atoms. The SMILES string of the molecule is COC(=O)C(N)Cc1c(-c2ccc(OC)c(OC)c2)nc2ccc(C)cn12. The first kappa shape index (κ1) is 18.7. The molecule has 1 unspecified atom stereocenters. The number of imidazole rings is 1. The van der Waals surface area contributed by atoms with E-state index in [-0.39, 0.29) is 0 Å². The van der Waals surface area contributed by atoms with Gasteiger partial charge in [-0.15, -0.1) is 0 Å². The fraction of sp³-hybridized carbons (Fsp3) is 0.300. The third-order valence-electron chi connectivity index (χ3n) is 4.44. The first-order valence-corrected chi connectivity index (χ1v) is 8.52. The fourth-order valence-corrected chi connectivity index (χ4v) is 3.05. The van der Waals surface area contributed by atoms with Crippen molar-refractivity contribution in [3.63, 3.8) is 0 Å². The van der Waals surface area contributed by atoms with Crippen LogP contribution in [0.15, 0.2) is 36.5 Å². The van der Waals surface area contributed by atoms with Crippen LogP contribution in [-0.2, 0) is 16.0 Å². The lowest BCUT2D eigenvalue weighted by molar-refractivity contribution is -0.142. The van der Waals surface area contributed by atoms with Gasteiger partial charge in [-0.3, -0.25) is 4.79 Å². The molecule has 0 radical (unpaired) electrons. The number of rotatable bonds is 6. The summed E-state index contributed by atoms with van der Waals surface area (Å²) in [5.74, 6) is 0.774. The quantitative estimate of drug-likeness (QED) is 0.671. The summed E-state index contributed by atoms with van der Waals surface area (Å²) in [7, 11) is 4.50. The van der Waals surface area contributed by atoms with Crippen molar-refractivity contribution in [3.05, 3.63) is 47.8 Å². The van der Waals surface area contributed by atoms with Crippen LogP contribution < -0.4 is 15.2 Å². The molecular weight excluding hydrogens is 346 g/mol. The van der Waals surface area contributed by atoms with E-state index in [1.165, 1.54) is 7.11 Å². The fourth-order valence-electron chi connectivity index (χ4n) is 3.05. The third-order valence-corrected chi connectivity index (χ3v) is 4.44. The van der Waals surface area contributed by atoms with E-state index in [2.05, 4.69) is 0 Å². The van der Waals surface area contributed by atoms with E-state index in [1.807, 2.05) is 47.9 Å². The van der Waals surface area contributed by atoms with Crippen LogP contribution in [0.2, 0.25) is 0 Å².